The summed E-state index contributed by atoms with van der Waals surface area (Å²) < 4.78 is 16.5. The molecule has 8 nitrogen and oxygen atoms in total. The van der Waals surface area contributed by atoms with Crippen molar-refractivity contribution < 1.29 is 23.9 Å². The van der Waals surface area contributed by atoms with Crippen molar-refractivity contribution in [1.29, 1.82) is 0 Å². The molecule has 26 heavy (non-hydrogen) atoms. The maximum absolute atomic E-state index is 12.1. The number of rotatable bonds is 3. The molecule has 0 saturated heterocycles. The molecule has 0 aromatic heterocycles. The Balaban J connectivity index is 1.66. The summed E-state index contributed by atoms with van der Waals surface area (Å²) in [4.78, 5) is 26.5. The van der Waals surface area contributed by atoms with Crippen LogP contribution in [-0.2, 0) is 9.53 Å². The van der Waals surface area contributed by atoms with Crippen LogP contribution in [0, 0.1) is 10.1 Å². The van der Waals surface area contributed by atoms with Crippen molar-refractivity contribution in [3.05, 3.63) is 67.8 Å². The molecule has 0 saturated carbocycles. The summed E-state index contributed by atoms with van der Waals surface area (Å²) >= 11 is 3.41. The van der Waals surface area contributed by atoms with E-state index in [0.29, 0.717) is 27.1 Å². The first-order chi connectivity index (χ1) is 12.5. The van der Waals surface area contributed by atoms with Gasteiger partial charge < -0.3 is 14.2 Å². The lowest BCUT2D eigenvalue weighted by Gasteiger charge is -2.02. The standard InChI is InChI=1S/C17H9BrN2O6/c18-12-7-15-14(24-8-25-15)6-10(12)5-13-17(21)26-16(19-13)9-1-3-11(4-2-9)20(22)23/h1-7H,8H2/b13-5-. The average Bonchev–Trinajstić information content (AvgIpc) is 3.22. The van der Waals surface area contributed by atoms with Crippen LogP contribution in [0.1, 0.15) is 11.1 Å². The number of fused-ring (bicyclic) bond motifs is 1. The van der Waals surface area contributed by atoms with Gasteiger partial charge in [-0.2, -0.15) is 0 Å². The van der Waals surface area contributed by atoms with Gasteiger partial charge in [-0.05, 0) is 35.9 Å². The third kappa shape index (κ3) is 2.93. The summed E-state index contributed by atoms with van der Waals surface area (Å²) in [7, 11) is 0. The second kappa shape index (κ2) is 6.26. The van der Waals surface area contributed by atoms with E-state index >= 15 is 0 Å². The number of esters is 1. The number of nitrogens with zero attached hydrogens (tertiary/aromatic N) is 2. The number of carbonyl (C=O) groups excluding carboxylic acids is 1. The summed E-state index contributed by atoms with van der Waals surface area (Å²) in [6, 6.07) is 9.07. The van der Waals surface area contributed by atoms with Gasteiger partial charge in [-0.15, -0.1) is 0 Å². The Labute approximate surface area is 155 Å². The number of non-ortho nitro benzene ring substituents is 1. The van der Waals surface area contributed by atoms with E-state index in [-0.39, 0.29) is 24.1 Å². The minimum Gasteiger partial charge on any atom is -0.454 e. The maximum atomic E-state index is 12.1. The summed E-state index contributed by atoms with van der Waals surface area (Å²) in [6.07, 6.45) is 1.56. The lowest BCUT2D eigenvalue weighted by Crippen LogP contribution is -2.05. The van der Waals surface area contributed by atoms with Crippen LogP contribution >= 0.6 is 15.9 Å². The highest BCUT2D eigenvalue weighted by Gasteiger charge is 2.25. The van der Waals surface area contributed by atoms with Crippen molar-refractivity contribution in [2.75, 3.05) is 6.79 Å². The molecular weight excluding hydrogens is 408 g/mol. The zero-order valence-electron chi connectivity index (χ0n) is 13.0. The predicted molar refractivity (Wildman–Crippen MR) is 94.0 cm³/mol. The van der Waals surface area contributed by atoms with Crippen LogP contribution in [0.3, 0.4) is 0 Å². The Kier molecular flexibility index (Phi) is 3.92. The molecule has 0 spiro atoms. The van der Waals surface area contributed by atoms with Gasteiger partial charge in [0.2, 0.25) is 12.7 Å². The molecular formula is C17H9BrN2O6. The molecule has 0 N–H and O–H groups in total. The lowest BCUT2D eigenvalue weighted by atomic mass is 10.1. The first kappa shape index (κ1) is 16.3. The molecule has 0 atom stereocenters. The molecule has 4 rings (SSSR count). The van der Waals surface area contributed by atoms with Crippen molar-refractivity contribution in [3.8, 4) is 11.5 Å². The number of hydrogen-bond donors (Lipinski definition) is 0. The van der Waals surface area contributed by atoms with Gasteiger partial charge in [-0.25, -0.2) is 9.79 Å². The van der Waals surface area contributed by atoms with E-state index < -0.39 is 10.9 Å². The Morgan fingerprint density at radius 1 is 1.15 bits per heavy atom. The minimum absolute atomic E-state index is 0.0567. The van der Waals surface area contributed by atoms with E-state index in [4.69, 9.17) is 14.2 Å². The molecule has 0 radical (unpaired) electrons. The van der Waals surface area contributed by atoms with Crippen LogP contribution in [0.4, 0.5) is 5.69 Å². The molecule has 2 heterocycles. The molecule has 0 aliphatic carbocycles. The van der Waals surface area contributed by atoms with E-state index in [1.54, 1.807) is 18.2 Å². The first-order valence-corrected chi connectivity index (χ1v) is 8.17. The van der Waals surface area contributed by atoms with Crippen LogP contribution < -0.4 is 9.47 Å². The number of nitro benzene ring substituents is 1. The predicted octanol–water partition coefficient (Wildman–Crippen LogP) is 3.43. The second-order valence-electron chi connectivity index (χ2n) is 5.37. The van der Waals surface area contributed by atoms with E-state index in [1.165, 1.54) is 24.3 Å². The van der Waals surface area contributed by atoms with Gasteiger partial charge >= 0.3 is 5.97 Å². The van der Waals surface area contributed by atoms with Crippen LogP contribution in [0.5, 0.6) is 11.5 Å². The van der Waals surface area contributed by atoms with Gasteiger partial charge in [0, 0.05) is 22.2 Å². The zero-order chi connectivity index (χ0) is 18.3. The van der Waals surface area contributed by atoms with E-state index in [1.807, 2.05) is 0 Å². The molecule has 2 aliphatic rings. The van der Waals surface area contributed by atoms with Gasteiger partial charge in [0.05, 0.1) is 4.92 Å². The van der Waals surface area contributed by atoms with Crippen molar-refractivity contribution >= 4 is 39.6 Å². The van der Waals surface area contributed by atoms with E-state index in [0.717, 1.165) is 0 Å². The molecule has 2 aromatic rings. The number of aliphatic imine (C=N–C) groups is 1. The fourth-order valence-electron chi connectivity index (χ4n) is 2.45. The van der Waals surface area contributed by atoms with Crippen molar-refractivity contribution in [3.63, 3.8) is 0 Å². The van der Waals surface area contributed by atoms with Gasteiger partial charge in [-0.1, -0.05) is 15.9 Å². The van der Waals surface area contributed by atoms with E-state index in [2.05, 4.69) is 20.9 Å². The Bertz CT molecular complexity index is 997. The Morgan fingerprint density at radius 3 is 2.54 bits per heavy atom. The third-order valence-electron chi connectivity index (χ3n) is 3.73. The van der Waals surface area contributed by atoms with Crippen LogP contribution in [0.25, 0.3) is 6.08 Å². The number of hydrogen-bond acceptors (Lipinski definition) is 7. The second-order valence-corrected chi connectivity index (χ2v) is 6.22. The topological polar surface area (TPSA) is 100 Å². The number of ether oxygens (including phenoxy) is 3. The monoisotopic (exact) mass is 416 g/mol. The Hall–Kier alpha value is -3.20. The zero-order valence-corrected chi connectivity index (χ0v) is 14.6. The quantitative estimate of drug-likeness (QED) is 0.328. The van der Waals surface area contributed by atoms with Crippen molar-refractivity contribution in [1.82, 2.24) is 0 Å². The normalized spacial score (nSPS) is 16.6. The molecule has 0 fully saturated rings. The smallest absolute Gasteiger partial charge is 0.363 e. The molecule has 2 aromatic carbocycles. The highest BCUT2D eigenvalue weighted by Crippen LogP contribution is 2.38. The molecule has 0 amide bonds. The Morgan fingerprint density at radius 2 is 1.85 bits per heavy atom. The van der Waals surface area contributed by atoms with Gasteiger partial charge in [-0.3, -0.25) is 10.1 Å². The lowest BCUT2D eigenvalue weighted by molar-refractivity contribution is -0.384. The number of carbonyl (C=O) groups is 1. The third-order valence-corrected chi connectivity index (χ3v) is 4.42. The maximum Gasteiger partial charge on any atom is 0.363 e. The summed E-state index contributed by atoms with van der Waals surface area (Å²) in [5.41, 5.74) is 1.20. The largest absolute Gasteiger partial charge is 0.454 e. The summed E-state index contributed by atoms with van der Waals surface area (Å²) in [5, 5.41) is 10.7. The molecule has 0 bridgehead atoms. The molecule has 0 unspecified atom stereocenters. The number of benzene rings is 2. The van der Waals surface area contributed by atoms with Crippen molar-refractivity contribution in [2.45, 2.75) is 0 Å². The number of nitro groups is 1. The number of cyclic esters (lactones) is 1. The fourth-order valence-corrected chi connectivity index (χ4v) is 2.89. The highest BCUT2D eigenvalue weighted by atomic mass is 79.9. The van der Waals surface area contributed by atoms with Gasteiger partial charge in [0.1, 0.15) is 0 Å². The highest BCUT2D eigenvalue weighted by molar-refractivity contribution is 9.10. The number of halogens is 1. The van der Waals surface area contributed by atoms with Crippen LogP contribution in [0.2, 0.25) is 0 Å². The summed E-state index contributed by atoms with van der Waals surface area (Å²) in [6.45, 7) is 0.145. The SMILES string of the molecule is O=C1OC(c2ccc([N+](=O)[O-])cc2)=N/C1=C\c1cc2c(cc1Br)OCO2. The fraction of sp³-hybridized carbons (Fsp3) is 0.0588. The minimum atomic E-state index is -0.608. The average molecular weight is 417 g/mol. The van der Waals surface area contributed by atoms with Crippen molar-refractivity contribution in [2.24, 2.45) is 4.99 Å². The van der Waals surface area contributed by atoms with Gasteiger partial charge in [0.15, 0.2) is 17.2 Å². The molecule has 130 valence electrons. The van der Waals surface area contributed by atoms with Crippen LogP contribution in [0.15, 0.2) is 51.6 Å². The molecule has 9 heteroatoms. The van der Waals surface area contributed by atoms with Gasteiger partial charge in [0.25, 0.3) is 5.69 Å². The van der Waals surface area contributed by atoms with Crippen LogP contribution in [-0.4, -0.2) is 23.6 Å². The van der Waals surface area contributed by atoms with E-state index in [9.17, 15) is 14.9 Å². The first-order valence-electron chi connectivity index (χ1n) is 7.38. The summed E-state index contributed by atoms with van der Waals surface area (Å²) in [5.74, 6) is 0.671. The molecule has 2 aliphatic heterocycles.